The van der Waals surface area contributed by atoms with Crippen molar-refractivity contribution in [2.45, 2.75) is 59.5 Å². The van der Waals surface area contributed by atoms with Gasteiger partial charge in [0.15, 0.2) is 0 Å². The zero-order chi connectivity index (χ0) is 11.9. The normalized spacial score (nSPS) is 16.0. The average molecular weight is 215 g/mol. The standard InChI is InChI=1S/C13H29NO/c1-11(2)7-6-8-13(5,15)10-14-9-12(3)4/h11-12,14-15H,6-10H2,1-5H3. The second kappa shape index (κ2) is 7.24. The van der Waals surface area contributed by atoms with Crippen LogP contribution in [0.1, 0.15) is 53.9 Å². The molecule has 0 aromatic rings. The fourth-order valence-corrected chi connectivity index (χ4v) is 1.61. The summed E-state index contributed by atoms with van der Waals surface area (Å²) in [6, 6.07) is 0. The molecule has 15 heavy (non-hydrogen) atoms. The Balaban J connectivity index is 3.57. The minimum Gasteiger partial charge on any atom is -0.389 e. The van der Waals surface area contributed by atoms with E-state index in [0.717, 1.165) is 25.3 Å². The highest BCUT2D eigenvalue weighted by molar-refractivity contribution is 4.75. The second-order valence-electron chi connectivity index (χ2n) is 5.81. The van der Waals surface area contributed by atoms with Crippen LogP contribution in [-0.2, 0) is 0 Å². The molecular formula is C13H29NO. The van der Waals surface area contributed by atoms with Crippen molar-refractivity contribution in [2.75, 3.05) is 13.1 Å². The first-order valence-electron chi connectivity index (χ1n) is 6.26. The molecule has 0 aromatic heterocycles. The van der Waals surface area contributed by atoms with Gasteiger partial charge in [0, 0.05) is 6.54 Å². The van der Waals surface area contributed by atoms with Gasteiger partial charge in [0.1, 0.15) is 0 Å². The van der Waals surface area contributed by atoms with Crippen molar-refractivity contribution in [3.63, 3.8) is 0 Å². The number of aliphatic hydroxyl groups is 1. The lowest BCUT2D eigenvalue weighted by atomic mass is 9.96. The quantitative estimate of drug-likeness (QED) is 0.652. The first-order chi connectivity index (χ1) is 6.83. The van der Waals surface area contributed by atoms with Crippen molar-refractivity contribution < 1.29 is 5.11 Å². The molecule has 0 radical (unpaired) electrons. The van der Waals surface area contributed by atoms with Crippen LogP contribution in [0.25, 0.3) is 0 Å². The lowest BCUT2D eigenvalue weighted by molar-refractivity contribution is 0.0469. The summed E-state index contributed by atoms with van der Waals surface area (Å²) in [4.78, 5) is 0. The Kier molecular flexibility index (Phi) is 7.20. The molecule has 0 aliphatic carbocycles. The molecule has 0 saturated heterocycles. The van der Waals surface area contributed by atoms with Gasteiger partial charge in [-0.05, 0) is 31.7 Å². The lowest BCUT2D eigenvalue weighted by Gasteiger charge is -2.24. The van der Waals surface area contributed by atoms with Crippen molar-refractivity contribution in [3.05, 3.63) is 0 Å². The number of hydrogen-bond donors (Lipinski definition) is 2. The van der Waals surface area contributed by atoms with Crippen molar-refractivity contribution >= 4 is 0 Å². The molecule has 2 N–H and O–H groups in total. The fourth-order valence-electron chi connectivity index (χ4n) is 1.61. The van der Waals surface area contributed by atoms with Crippen LogP contribution in [0.4, 0.5) is 0 Å². The van der Waals surface area contributed by atoms with E-state index in [1.54, 1.807) is 0 Å². The van der Waals surface area contributed by atoms with E-state index >= 15 is 0 Å². The summed E-state index contributed by atoms with van der Waals surface area (Å²) in [7, 11) is 0. The predicted molar refractivity (Wildman–Crippen MR) is 67.0 cm³/mol. The third-order valence-electron chi connectivity index (χ3n) is 2.56. The maximum absolute atomic E-state index is 10.1. The highest BCUT2D eigenvalue weighted by Gasteiger charge is 2.19. The molecule has 92 valence electrons. The maximum Gasteiger partial charge on any atom is 0.0743 e. The second-order valence-corrected chi connectivity index (χ2v) is 5.81. The first kappa shape index (κ1) is 14.9. The molecule has 0 saturated carbocycles. The van der Waals surface area contributed by atoms with Crippen LogP contribution in [-0.4, -0.2) is 23.8 Å². The van der Waals surface area contributed by atoms with E-state index in [1.165, 1.54) is 6.42 Å². The van der Waals surface area contributed by atoms with Crippen LogP contribution < -0.4 is 5.32 Å². The van der Waals surface area contributed by atoms with E-state index in [4.69, 9.17) is 0 Å². The molecule has 2 nitrogen and oxygen atoms in total. The zero-order valence-electron chi connectivity index (χ0n) is 11.1. The number of hydrogen-bond acceptors (Lipinski definition) is 2. The fraction of sp³-hybridized carbons (Fsp3) is 1.00. The summed E-state index contributed by atoms with van der Waals surface area (Å²) in [6.07, 6.45) is 3.23. The third kappa shape index (κ3) is 10.2. The molecule has 0 heterocycles. The molecule has 0 rings (SSSR count). The van der Waals surface area contributed by atoms with E-state index in [2.05, 4.69) is 33.0 Å². The van der Waals surface area contributed by atoms with Gasteiger partial charge in [-0.25, -0.2) is 0 Å². The van der Waals surface area contributed by atoms with Crippen LogP contribution in [0.5, 0.6) is 0 Å². The van der Waals surface area contributed by atoms with Crippen molar-refractivity contribution in [2.24, 2.45) is 11.8 Å². The van der Waals surface area contributed by atoms with E-state index in [9.17, 15) is 5.11 Å². The molecule has 0 aliphatic heterocycles. The van der Waals surface area contributed by atoms with Crippen molar-refractivity contribution in [1.82, 2.24) is 5.32 Å². The van der Waals surface area contributed by atoms with Gasteiger partial charge in [-0.2, -0.15) is 0 Å². The van der Waals surface area contributed by atoms with Gasteiger partial charge in [-0.15, -0.1) is 0 Å². The zero-order valence-corrected chi connectivity index (χ0v) is 11.1. The molecule has 2 heteroatoms. The van der Waals surface area contributed by atoms with Crippen LogP contribution >= 0.6 is 0 Å². The largest absolute Gasteiger partial charge is 0.389 e. The molecule has 0 spiro atoms. The van der Waals surface area contributed by atoms with E-state index in [0.29, 0.717) is 12.5 Å². The maximum atomic E-state index is 10.1. The first-order valence-corrected chi connectivity index (χ1v) is 6.26. The monoisotopic (exact) mass is 215 g/mol. The molecule has 0 fully saturated rings. The van der Waals surface area contributed by atoms with Crippen LogP contribution in [0, 0.1) is 11.8 Å². The van der Waals surface area contributed by atoms with Gasteiger partial charge in [-0.3, -0.25) is 0 Å². The summed E-state index contributed by atoms with van der Waals surface area (Å²) in [5, 5.41) is 13.4. The average Bonchev–Trinajstić information content (AvgIpc) is 2.01. The minimum absolute atomic E-state index is 0.538. The van der Waals surface area contributed by atoms with Crippen molar-refractivity contribution in [3.8, 4) is 0 Å². The summed E-state index contributed by atoms with van der Waals surface area (Å²) in [6.45, 7) is 12.4. The molecule has 0 aromatic carbocycles. The minimum atomic E-state index is -0.538. The molecule has 0 amide bonds. The molecule has 1 unspecified atom stereocenters. The van der Waals surface area contributed by atoms with Gasteiger partial charge < -0.3 is 10.4 Å². The Morgan fingerprint density at radius 1 is 1.13 bits per heavy atom. The SMILES string of the molecule is CC(C)CCCC(C)(O)CNCC(C)C. The van der Waals surface area contributed by atoms with Crippen LogP contribution in [0.2, 0.25) is 0 Å². The molecule has 0 bridgehead atoms. The summed E-state index contributed by atoms with van der Waals surface area (Å²) >= 11 is 0. The van der Waals surface area contributed by atoms with Gasteiger partial charge in [0.25, 0.3) is 0 Å². The summed E-state index contributed by atoms with van der Waals surface area (Å²) in [5.74, 6) is 1.39. The summed E-state index contributed by atoms with van der Waals surface area (Å²) in [5.41, 5.74) is -0.538. The van der Waals surface area contributed by atoms with Crippen LogP contribution in [0.3, 0.4) is 0 Å². The Morgan fingerprint density at radius 2 is 1.73 bits per heavy atom. The van der Waals surface area contributed by atoms with Crippen LogP contribution in [0.15, 0.2) is 0 Å². The molecule has 0 aliphatic rings. The Hall–Kier alpha value is -0.0800. The summed E-state index contributed by atoms with van der Waals surface area (Å²) < 4.78 is 0. The van der Waals surface area contributed by atoms with Gasteiger partial charge in [0.2, 0.25) is 0 Å². The molecular weight excluding hydrogens is 186 g/mol. The molecule has 1 atom stereocenters. The van der Waals surface area contributed by atoms with E-state index in [-0.39, 0.29) is 0 Å². The van der Waals surface area contributed by atoms with Gasteiger partial charge in [-0.1, -0.05) is 40.5 Å². The number of rotatable bonds is 8. The Morgan fingerprint density at radius 3 is 2.20 bits per heavy atom. The predicted octanol–water partition coefficient (Wildman–Crippen LogP) is 2.81. The topological polar surface area (TPSA) is 32.3 Å². The van der Waals surface area contributed by atoms with Crippen molar-refractivity contribution in [1.29, 1.82) is 0 Å². The smallest absolute Gasteiger partial charge is 0.0743 e. The van der Waals surface area contributed by atoms with E-state index < -0.39 is 5.60 Å². The lowest BCUT2D eigenvalue weighted by Crippen LogP contribution is -2.39. The Bertz CT molecular complexity index is 137. The van der Waals surface area contributed by atoms with E-state index in [1.807, 2.05) is 6.92 Å². The number of nitrogens with one attached hydrogen (secondary N) is 1. The van der Waals surface area contributed by atoms with Gasteiger partial charge >= 0.3 is 0 Å². The highest BCUT2D eigenvalue weighted by Crippen LogP contribution is 2.15. The highest BCUT2D eigenvalue weighted by atomic mass is 16.3. The third-order valence-corrected chi connectivity index (χ3v) is 2.56. The Labute approximate surface area is 95.5 Å². The van der Waals surface area contributed by atoms with Gasteiger partial charge in [0.05, 0.1) is 5.60 Å².